The smallest absolute Gasteiger partial charge is 0.410 e. The fourth-order valence-electron chi connectivity index (χ4n) is 5.44. The number of amides is 2. The van der Waals surface area contributed by atoms with Crippen molar-refractivity contribution in [2.24, 2.45) is 0 Å². The van der Waals surface area contributed by atoms with E-state index in [0.717, 1.165) is 11.1 Å². The van der Waals surface area contributed by atoms with Crippen molar-refractivity contribution in [2.45, 2.75) is 44.2 Å². The maximum atomic E-state index is 14.0. The van der Waals surface area contributed by atoms with Crippen molar-refractivity contribution in [2.75, 3.05) is 39.3 Å². The molecule has 2 unspecified atom stereocenters. The molecule has 3 saturated heterocycles. The minimum atomic E-state index is -1.22. The molecule has 3 heterocycles. The van der Waals surface area contributed by atoms with Gasteiger partial charge in [0.15, 0.2) is 0 Å². The van der Waals surface area contributed by atoms with E-state index in [2.05, 4.69) is 5.32 Å². The van der Waals surface area contributed by atoms with Crippen molar-refractivity contribution in [1.82, 2.24) is 20.0 Å². The lowest BCUT2D eigenvalue weighted by atomic mass is 9.89. The quantitative estimate of drug-likeness (QED) is 0.638. The van der Waals surface area contributed by atoms with Crippen LogP contribution in [0.3, 0.4) is 0 Å². The van der Waals surface area contributed by atoms with Gasteiger partial charge in [-0.25, -0.2) is 9.69 Å². The van der Waals surface area contributed by atoms with Gasteiger partial charge in [0.1, 0.15) is 17.7 Å². The summed E-state index contributed by atoms with van der Waals surface area (Å²) in [4.78, 5) is 45.1. The Morgan fingerprint density at radius 1 is 0.892 bits per heavy atom. The van der Waals surface area contributed by atoms with Crippen molar-refractivity contribution in [3.05, 3.63) is 71.8 Å². The van der Waals surface area contributed by atoms with Gasteiger partial charge in [-0.15, -0.1) is 0 Å². The largest absolute Gasteiger partial charge is 0.444 e. The molecule has 2 atom stereocenters. The SMILES string of the molecule is CC(C)(C)OC(=O)N1CCN(C(=O)C2CNCC3C(=O)OC(c4ccccc4)(c4ccccc4)N32)CC1. The zero-order valence-electron chi connectivity index (χ0n) is 21.6. The van der Waals surface area contributed by atoms with Crippen molar-refractivity contribution < 1.29 is 23.9 Å². The summed E-state index contributed by atoms with van der Waals surface area (Å²) in [5.41, 5.74) is -0.198. The Morgan fingerprint density at radius 3 is 1.97 bits per heavy atom. The monoisotopic (exact) mass is 506 g/mol. The predicted octanol–water partition coefficient (Wildman–Crippen LogP) is 2.17. The molecule has 9 nitrogen and oxygen atoms in total. The highest BCUT2D eigenvalue weighted by atomic mass is 16.6. The highest BCUT2D eigenvalue weighted by molar-refractivity contribution is 5.87. The van der Waals surface area contributed by atoms with Crippen LogP contribution in [0.1, 0.15) is 31.9 Å². The third kappa shape index (κ3) is 4.69. The topological polar surface area (TPSA) is 91.4 Å². The molecule has 5 rings (SSSR count). The Labute approximate surface area is 217 Å². The average Bonchev–Trinajstić information content (AvgIpc) is 3.22. The normalized spacial score (nSPS) is 23.8. The number of piperazine rings is 2. The van der Waals surface area contributed by atoms with Crippen molar-refractivity contribution in [1.29, 1.82) is 0 Å². The molecule has 3 aliphatic rings. The number of carbonyl (C=O) groups is 3. The van der Waals surface area contributed by atoms with E-state index in [0.29, 0.717) is 39.3 Å². The molecule has 0 bridgehead atoms. The minimum Gasteiger partial charge on any atom is -0.444 e. The molecule has 3 fully saturated rings. The van der Waals surface area contributed by atoms with Crippen LogP contribution in [-0.2, 0) is 24.8 Å². The van der Waals surface area contributed by atoms with E-state index in [9.17, 15) is 14.4 Å². The molecule has 37 heavy (non-hydrogen) atoms. The minimum absolute atomic E-state index is 0.0874. The van der Waals surface area contributed by atoms with E-state index in [-0.39, 0.29) is 18.0 Å². The van der Waals surface area contributed by atoms with Crippen molar-refractivity contribution >= 4 is 18.0 Å². The van der Waals surface area contributed by atoms with Crippen molar-refractivity contribution in [3.63, 3.8) is 0 Å². The van der Waals surface area contributed by atoms with Crippen molar-refractivity contribution in [3.8, 4) is 0 Å². The zero-order valence-corrected chi connectivity index (χ0v) is 21.6. The van der Waals surface area contributed by atoms with Gasteiger partial charge < -0.3 is 24.6 Å². The molecular weight excluding hydrogens is 472 g/mol. The van der Waals surface area contributed by atoms with Crippen LogP contribution >= 0.6 is 0 Å². The summed E-state index contributed by atoms with van der Waals surface area (Å²) < 4.78 is 11.7. The number of carbonyl (C=O) groups excluding carboxylic acids is 3. The number of hydrogen-bond acceptors (Lipinski definition) is 7. The van der Waals surface area contributed by atoms with E-state index >= 15 is 0 Å². The Kier molecular flexibility index (Phi) is 6.68. The first kappa shape index (κ1) is 25.2. The molecule has 1 N–H and O–H groups in total. The van der Waals surface area contributed by atoms with Crippen LogP contribution in [0.2, 0.25) is 0 Å². The number of fused-ring (bicyclic) bond motifs is 1. The fraction of sp³-hybridized carbons (Fsp3) is 0.464. The number of esters is 1. The number of hydrogen-bond donors (Lipinski definition) is 1. The second-order valence-corrected chi connectivity index (χ2v) is 10.7. The molecule has 0 saturated carbocycles. The second kappa shape index (κ2) is 9.79. The third-order valence-corrected chi connectivity index (χ3v) is 7.09. The molecule has 0 radical (unpaired) electrons. The van der Waals surface area contributed by atoms with E-state index in [1.165, 1.54) is 0 Å². The summed E-state index contributed by atoms with van der Waals surface area (Å²) in [6.45, 7) is 7.87. The van der Waals surface area contributed by atoms with E-state index in [1.807, 2.05) is 86.3 Å². The molecular formula is C28H34N4O5. The van der Waals surface area contributed by atoms with Gasteiger partial charge in [-0.05, 0) is 20.8 Å². The summed E-state index contributed by atoms with van der Waals surface area (Å²) in [5.74, 6) is -0.442. The lowest BCUT2D eigenvalue weighted by Gasteiger charge is -2.46. The number of benzene rings is 2. The molecule has 3 aliphatic heterocycles. The van der Waals surface area contributed by atoms with Crippen LogP contribution in [0.25, 0.3) is 0 Å². The summed E-state index contributed by atoms with van der Waals surface area (Å²) in [6.07, 6.45) is -0.371. The van der Waals surface area contributed by atoms with Gasteiger partial charge in [-0.3, -0.25) is 9.59 Å². The fourth-order valence-corrected chi connectivity index (χ4v) is 5.44. The Hall–Kier alpha value is -3.43. The van der Waals surface area contributed by atoms with E-state index in [1.54, 1.807) is 9.80 Å². The van der Waals surface area contributed by atoms with Gasteiger partial charge in [0.05, 0.1) is 0 Å². The number of nitrogens with zero attached hydrogens (tertiary/aromatic N) is 3. The Bertz CT molecular complexity index is 1100. The summed E-state index contributed by atoms with van der Waals surface area (Å²) in [5, 5.41) is 3.28. The van der Waals surface area contributed by atoms with Crippen LogP contribution in [0.15, 0.2) is 60.7 Å². The number of nitrogens with one attached hydrogen (secondary N) is 1. The predicted molar refractivity (Wildman–Crippen MR) is 136 cm³/mol. The van der Waals surface area contributed by atoms with Gasteiger partial charge in [0, 0.05) is 50.4 Å². The maximum Gasteiger partial charge on any atom is 0.410 e. The first-order valence-electron chi connectivity index (χ1n) is 12.8. The molecule has 0 aliphatic carbocycles. The number of rotatable bonds is 3. The maximum absolute atomic E-state index is 14.0. The number of ether oxygens (including phenoxy) is 2. The lowest BCUT2D eigenvalue weighted by Crippen LogP contribution is -2.67. The van der Waals surface area contributed by atoms with Crippen LogP contribution < -0.4 is 5.32 Å². The lowest BCUT2D eigenvalue weighted by molar-refractivity contribution is -0.156. The summed E-state index contributed by atoms with van der Waals surface area (Å²) >= 11 is 0. The van der Waals surface area contributed by atoms with Gasteiger partial charge in [0.2, 0.25) is 11.6 Å². The highest BCUT2D eigenvalue weighted by Crippen LogP contribution is 2.46. The molecule has 196 valence electrons. The standard InChI is InChI=1S/C28H34N4O5/c1-27(2,3)37-26(35)31-16-14-30(15-17-31)24(33)22-18-29-19-23-25(34)36-28(32(22)23,20-10-6-4-7-11-20)21-12-8-5-9-13-21/h4-13,22-23,29H,14-19H2,1-3H3. The molecule has 2 aromatic carbocycles. The molecule has 0 spiro atoms. The van der Waals surface area contributed by atoms with Gasteiger partial charge >= 0.3 is 12.1 Å². The van der Waals surface area contributed by atoms with Gasteiger partial charge in [-0.1, -0.05) is 60.7 Å². The van der Waals surface area contributed by atoms with E-state index in [4.69, 9.17) is 9.47 Å². The van der Waals surface area contributed by atoms with Crippen LogP contribution in [0, 0.1) is 0 Å². The summed E-state index contributed by atoms with van der Waals surface area (Å²) in [6, 6.07) is 18.0. The Balaban J connectivity index is 1.44. The summed E-state index contributed by atoms with van der Waals surface area (Å²) in [7, 11) is 0. The van der Waals surface area contributed by atoms with Crippen LogP contribution in [0.5, 0.6) is 0 Å². The molecule has 0 aromatic heterocycles. The zero-order chi connectivity index (χ0) is 26.2. The first-order chi connectivity index (χ1) is 17.7. The first-order valence-corrected chi connectivity index (χ1v) is 12.8. The average molecular weight is 507 g/mol. The second-order valence-electron chi connectivity index (χ2n) is 10.7. The third-order valence-electron chi connectivity index (χ3n) is 7.09. The molecule has 2 aromatic rings. The van der Waals surface area contributed by atoms with E-state index < -0.39 is 23.4 Å². The molecule has 2 amide bonds. The molecule has 9 heteroatoms. The Morgan fingerprint density at radius 2 is 1.43 bits per heavy atom. The van der Waals surface area contributed by atoms with Crippen LogP contribution in [0.4, 0.5) is 4.79 Å². The highest BCUT2D eigenvalue weighted by Gasteiger charge is 2.61. The van der Waals surface area contributed by atoms with Crippen LogP contribution in [-0.4, -0.2) is 89.6 Å². The number of cyclic esters (lactones) is 1. The van der Waals surface area contributed by atoms with Gasteiger partial charge in [0.25, 0.3) is 0 Å². The van der Waals surface area contributed by atoms with Gasteiger partial charge in [-0.2, -0.15) is 0 Å².